The van der Waals surface area contributed by atoms with Crippen molar-refractivity contribution in [2.75, 3.05) is 14.2 Å². The summed E-state index contributed by atoms with van der Waals surface area (Å²) in [7, 11) is 2.95. The second-order valence-electron chi connectivity index (χ2n) is 3.23. The fourth-order valence-corrected chi connectivity index (χ4v) is 2.06. The lowest BCUT2D eigenvalue weighted by Gasteiger charge is -2.03. The maximum absolute atomic E-state index is 11.5. The maximum Gasteiger partial charge on any atom is 0.340 e. The van der Waals surface area contributed by atoms with Crippen molar-refractivity contribution in [3.05, 3.63) is 28.4 Å². The van der Waals surface area contributed by atoms with Crippen LogP contribution in [0.3, 0.4) is 0 Å². The number of rotatable bonds is 2. The zero-order valence-corrected chi connectivity index (χ0v) is 10.4. The van der Waals surface area contributed by atoms with Gasteiger partial charge < -0.3 is 14.5 Å². The number of methoxy groups -OCH3 is 2. The molecule has 2 rings (SSSR count). The van der Waals surface area contributed by atoms with Crippen LogP contribution in [0.1, 0.15) is 10.4 Å². The number of carbonyl (C=O) groups excluding carboxylic acids is 1. The molecule has 0 aliphatic carbocycles. The van der Waals surface area contributed by atoms with Crippen LogP contribution in [-0.4, -0.2) is 25.2 Å². The number of esters is 1. The van der Waals surface area contributed by atoms with E-state index in [1.54, 1.807) is 13.3 Å². The van der Waals surface area contributed by atoms with Crippen molar-refractivity contribution in [2.24, 2.45) is 0 Å². The van der Waals surface area contributed by atoms with Crippen molar-refractivity contribution >= 4 is 32.8 Å². The number of carbonyl (C=O) groups is 1. The van der Waals surface area contributed by atoms with E-state index >= 15 is 0 Å². The minimum absolute atomic E-state index is 0.358. The smallest absolute Gasteiger partial charge is 0.340 e. The Morgan fingerprint density at radius 3 is 2.75 bits per heavy atom. The van der Waals surface area contributed by atoms with Crippen LogP contribution in [0.4, 0.5) is 0 Å². The van der Waals surface area contributed by atoms with Crippen molar-refractivity contribution in [3.8, 4) is 5.75 Å². The number of hydrogen-bond donors (Lipinski definition) is 1. The van der Waals surface area contributed by atoms with Crippen LogP contribution in [0.5, 0.6) is 5.75 Å². The highest BCUT2D eigenvalue weighted by Crippen LogP contribution is 2.31. The van der Waals surface area contributed by atoms with Gasteiger partial charge >= 0.3 is 5.97 Å². The fraction of sp³-hybridized carbons (Fsp3) is 0.182. The predicted molar refractivity (Wildman–Crippen MR) is 63.9 cm³/mol. The second kappa shape index (κ2) is 4.17. The zero-order valence-electron chi connectivity index (χ0n) is 8.83. The predicted octanol–water partition coefficient (Wildman–Crippen LogP) is 2.73. The van der Waals surface area contributed by atoms with Crippen LogP contribution in [0.2, 0.25) is 0 Å². The molecule has 4 nitrogen and oxygen atoms in total. The summed E-state index contributed by atoms with van der Waals surface area (Å²) in [5, 5.41) is 0.805. The highest BCUT2D eigenvalue weighted by molar-refractivity contribution is 9.10. The first-order valence-electron chi connectivity index (χ1n) is 4.60. The molecule has 5 heteroatoms. The highest BCUT2D eigenvalue weighted by Gasteiger charge is 2.14. The van der Waals surface area contributed by atoms with Gasteiger partial charge in [-0.25, -0.2) is 4.79 Å². The average Bonchev–Trinajstić information content (AvgIpc) is 2.69. The Labute approximate surface area is 101 Å². The van der Waals surface area contributed by atoms with E-state index in [2.05, 4.69) is 20.9 Å². The Bertz CT molecular complexity index is 547. The number of fused-ring (bicyclic) bond motifs is 1. The van der Waals surface area contributed by atoms with E-state index in [1.807, 2.05) is 12.1 Å². The SMILES string of the molecule is COC(=O)c1c[nH]c2cc(OC)c(Br)cc12. The largest absolute Gasteiger partial charge is 0.495 e. The van der Waals surface area contributed by atoms with Gasteiger partial charge in [-0.05, 0) is 22.0 Å². The van der Waals surface area contributed by atoms with Crippen LogP contribution in [-0.2, 0) is 4.74 Å². The van der Waals surface area contributed by atoms with E-state index in [9.17, 15) is 4.79 Å². The van der Waals surface area contributed by atoms with E-state index in [1.165, 1.54) is 7.11 Å². The summed E-state index contributed by atoms with van der Waals surface area (Å²) in [5.74, 6) is 0.356. The van der Waals surface area contributed by atoms with Gasteiger partial charge in [0.1, 0.15) is 5.75 Å². The summed E-state index contributed by atoms with van der Waals surface area (Å²) in [6.45, 7) is 0. The third-order valence-corrected chi connectivity index (χ3v) is 2.98. The molecule has 0 spiro atoms. The molecule has 0 radical (unpaired) electrons. The number of nitrogens with one attached hydrogen (secondary N) is 1. The zero-order chi connectivity index (χ0) is 11.7. The first kappa shape index (κ1) is 11.0. The van der Waals surface area contributed by atoms with E-state index in [0.29, 0.717) is 11.3 Å². The van der Waals surface area contributed by atoms with Gasteiger partial charge in [-0.1, -0.05) is 0 Å². The molecular formula is C11H10BrNO3. The number of aromatic amines is 1. The molecule has 1 heterocycles. The number of aromatic nitrogens is 1. The number of halogens is 1. The Kier molecular flexibility index (Phi) is 2.87. The molecule has 2 aromatic rings. The molecule has 16 heavy (non-hydrogen) atoms. The molecule has 0 unspecified atom stereocenters. The minimum atomic E-state index is -0.358. The van der Waals surface area contributed by atoms with Gasteiger partial charge in [0, 0.05) is 17.6 Å². The molecule has 0 aliphatic rings. The summed E-state index contributed by atoms with van der Waals surface area (Å²) in [6, 6.07) is 3.66. The van der Waals surface area contributed by atoms with Crippen LogP contribution in [0, 0.1) is 0 Å². The molecule has 0 bridgehead atoms. The third kappa shape index (κ3) is 1.67. The van der Waals surface area contributed by atoms with Gasteiger partial charge in [0.05, 0.1) is 29.8 Å². The third-order valence-electron chi connectivity index (χ3n) is 2.36. The number of benzene rings is 1. The summed E-state index contributed by atoms with van der Waals surface area (Å²) >= 11 is 3.38. The maximum atomic E-state index is 11.5. The van der Waals surface area contributed by atoms with Crippen molar-refractivity contribution in [2.45, 2.75) is 0 Å². The Hall–Kier alpha value is -1.49. The van der Waals surface area contributed by atoms with Gasteiger partial charge in [0.2, 0.25) is 0 Å². The van der Waals surface area contributed by atoms with Crippen LogP contribution < -0.4 is 4.74 Å². The molecule has 0 aliphatic heterocycles. The van der Waals surface area contributed by atoms with Gasteiger partial charge in [-0.2, -0.15) is 0 Å². The van der Waals surface area contributed by atoms with Crippen molar-refractivity contribution in [1.82, 2.24) is 4.98 Å². The molecule has 1 N–H and O–H groups in total. The summed E-state index contributed by atoms with van der Waals surface area (Å²) in [5.41, 5.74) is 1.35. The molecule has 84 valence electrons. The first-order chi connectivity index (χ1) is 7.67. The molecule has 0 atom stereocenters. The van der Waals surface area contributed by atoms with E-state index in [-0.39, 0.29) is 5.97 Å². The van der Waals surface area contributed by atoms with Gasteiger partial charge in [0.15, 0.2) is 0 Å². The van der Waals surface area contributed by atoms with Crippen LogP contribution >= 0.6 is 15.9 Å². The number of hydrogen-bond acceptors (Lipinski definition) is 3. The molecular weight excluding hydrogens is 274 g/mol. The monoisotopic (exact) mass is 283 g/mol. The molecule has 0 saturated heterocycles. The lowest BCUT2D eigenvalue weighted by Crippen LogP contribution is -1.99. The quantitative estimate of drug-likeness (QED) is 0.863. The van der Waals surface area contributed by atoms with E-state index in [4.69, 9.17) is 9.47 Å². The summed E-state index contributed by atoms with van der Waals surface area (Å²) in [4.78, 5) is 14.5. The Morgan fingerprint density at radius 2 is 2.12 bits per heavy atom. The Balaban J connectivity index is 2.65. The van der Waals surface area contributed by atoms with E-state index in [0.717, 1.165) is 15.4 Å². The lowest BCUT2D eigenvalue weighted by atomic mass is 10.2. The van der Waals surface area contributed by atoms with Gasteiger partial charge in [0.25, 0.3) is 0 Å². The van der Waals surface area contributed by atoms with Crippen LogP contribution in [0.15, 0.2) is 22.8 Å². The van der Waals surface area contributed by atoms with Crippen LogP contribution in [0.25, 0.3) is 10.9 Å². The minimum Gasteiger partial charge on any atom is -0.495 e. The first-order valence-corrected chi connectivity index (χ1v) is 5.39. The lowest BCUT2D eigenvalue weighted by molar-refractivity contribution is 0.0603. The molecule has 1 aromatic heterocycles. The molecule has 0 saturated carbocycles. The second-order valence-corrected chi connectivity index (χ2v) is 4.08. The number of ether oxygens (including phenoxy) is 2. The number of H-pyrrole nitrogens is 1. The standard InChI is InChI=1S/C11H10BrNO3/c1-15-10-4-9-6(3-8(10)12)7(5-13-9)11(14)16-2/h3-5,13H,1-2H3. The average molecular weight is 284 g/mol. The topological polar surface area (TPSA) is 51.3 Å². The molecule has 1 aromatic carbocycles. The Morgan fingerprint density at radius 1 is 1.38 bits per heavy atom. The molecule has 0 amide bonds. The summed E-state index contributed by atoms with van der Waals surface area (Å²) in [6.07, 6.45) is 1.63. The molecule has 0 fully saturated rings. The summed E-state index contributed by atoms with van der Waals surface area (Å²) < 4.78 is 10.7. The van der Waals surface area contributed by atoms with Crippen molar-refractivity contribution in [1.29, 1.82) is 0 Å². The fourth-order valence-electron chi connectivity index (χ4n) is 1.56. The normalized spacial score (nSPS) is 10.4. The van der Waals surface area contributed by atoms with Gasteiger partial charge in [-0.3, -0.25) is 0 Å². The highest BCUT2D eigenvalue weighted by atomic mass is 79.9. The van der Waals surface area contributed by atoms with Crippen molar-refractivity contribution in [3.63, 3.8) is 0 Å². The van der Waals surface area contributed by atoms with Gasteiger partial charge in [-0.15, -0.1) is 0 Å². The van der Waals surface area contributed by atoms with Crippen molar-refractivity contribution < 1.29 is 14.3 Å². The van der Waals surface area contributed by atoms with E-state index < -0.39 is 0 Å².